The number of carbonyl (C=O) groups is 2. The summed E-state index contributed by atoms with van der Waals surface area (Å²) in [4.78, 5) is 23.9. The van der Waals surface area contributed by atoms with Gasteiger partial charge in [-0.05, 0) is 38.5 Å². The van der Waals surface area contributed by atoms with E-state index in [1.807, 2.05) is 6.08 Å². The van der Waals surface area contributed by atoms with E-state index in [4.69, 9.17) is 10.8 Å². The fourth-order valence-electron chi connectivity index (χ4n) is 1.84. The smallest absolute Gasteiger partial charge is 0.404 e. The number of carboxylic acid groups (broad SMARTS) is 1. The molecular formula is C14H27N3O3. The number of rotatable bonds is 11. The Morgan fingerprint density at radius 1 is 1.35 bits per heavy atom. The van der Waals surface area contributed by atoms with E-state index in [0.29, 0.717) is 25.9 Å². The van der Waals surface area contributed by atoms with Gasteiger partial charge in [0.1, 0.15) is 0 Å². The van der Waals surface area contributed by atoms with Crippen LogP contribution in [0.2, 0.25) is 0 Å². The Morgan fingerprint density at radius 3 is 2.65 bits per heavy atom. The number of allylic oxidation sites excluding steroid dienone is 1. The highest BCUT2D eigenvalue weighted by atomic mass is 16.4. The van der Waals surface area contributed by atoms with Gasteiger partial charge in [-0.2, -0.15) is 0 Å². The van der Waals surface area contributed by atoms with Crippen molar-refractivity contribution in [1.82, 2.24) is 10.2 Å². The summed E-state index contributed by atoms with van der Waals surface area (Å²) in [5, 5.41) is 10.7. The normalized spacial score (nSPS) is 11.7. The molecule has 0 bridgehead atoms. The second-order valence-corrected chi connectivity index (χ2v) is 4.88. The molecule has 0 aromatic carbocycles. The molecule has 0 aromatic heterocycles. The van der Waals surface area contributed by atoms with Crippen LogP contribution in [0.1, 0.15) is 38.5 Å². The van der Waals surface area contributed by atoms with E-state index in [1.54, 1.807) is 11.9 Å². The third kappa shape index (κ3) is 9.38. The summed E-state index contributed by atoms with van der Waals surface area (Å²) in [5.41, 5.74) is 5.85. The molecule has 20 heavy (non-hydrogen) atoms. The average molecular weight is 285 g/mol. The van der Waals surface area contributed by atoms with Gasteiger partial charge >= 0.3 is 6.09 Å². The van der Waals surface area contributed by atoms with Gasteiger partial charge in [0.2, 0.25) is 5.91 Å². The number of hydrogen-bond acceptors (Lipinski definition) is 3. The predicted octanol–water partition coefficient (Wildman–Crippen LogP) is 1.57. The molecule has 0 aliphatic carbocycles. The second kappa shape index (κ2) is 11.3. The molecule has 0 aromatic rings. The first-order valence-electron chi connectivity index (χ1n) is 7.07. The minimum atomic E-state index is -1.02. The van der Waals surface area contributed by atoms with Crippen molar-refractivity contribution in [3.63, 3.8) is 0 Å². The Bertz CT molecular complexity index is 308. The maximum Gasteiger partial charge on any atom is 0.404 e. The van der Waals surface area contributed by atoms with Crippen molar-refractivity contribution in [2.45, 2.75) is 44.6 Å². The standard InChI is InChI=1S/C14H27N3O3/c1-3-4-5-8-11-17(2)13(18)12(15)9-6-7-10-16-14(19)20/h3,12,16H,1,4-11,15H2,2H3,(H,19,20)/t12-/m0/s1. The zero-order chi connectivity index (χ0) is 15.4. The van der Waals surface area contributed by atoms with Crippen LogP contribution in [-0.4, -0.2) is 48.2 Å². The fourth-order valence-corrected chi connectivity index (χ4v) is 1.84. The lowest BCUT2D eigenvalue weighted by atomic mass is 10.1. The van der Waals surface area contributed by atoms with Crippen LogP contribution >= 0.6 is 0 Å². The quantitative estimate of drug-likeness (QED) is 0.396. The number of nitrogens with one attached hydrogen (secondary N) is 1. The Hall–Kier alpha value is -1.56. The Kier molecular flexibility index (Phi) is 10.4. The van der Waals surface area contributed by atoms with Crippen LogP contribution in [0, 0.1) is 0 Å². The topological polar surface area (TPSA) is 95.7 Å². The van der Waals surface area contributed by atoms with Crippen LogP contribution in [-0.2, 0) is 4.79 Å². The number of nitrogens with zero attached hydrogens (tertiary/aromatic N) is 1. The maximum atomic E-state index is 11.9. The van der Waals surface area contributed by atoms with Gasteiger partial charge in [-0.25, -0.2) is 4.79 Å². The first-order chi connectivity index (χ1) is 9.49. The van der Waals surface area contributed by atoms with E-state index >= 15 is 0 Å². The van der Waals surface area contributed by atoms with Gasteiger partial charge in [0, 0.05) is 20.1 Å². The van der Waals surface area contributed by atoms with Gasteiger partial charge in [0.15, 0.2) is 0 Å². The minimum Gasteiger partial charge on any atom is -0.465 e. The van der Waals surface area contributed by atoms with Gasteiger partial charge in [-0.1, -0.05) is 6.08 Å². The monoisotopic (exact) mass is 285 g/mol. The third-order valence-corrected chi connectivity index (χ3v) is 3.06. The number of nitrogens with two attached hydrogens (primary N) is 1. The van der Waals surface area contributed by atoms with Crippen LogP contribution in [0.5, 0.6) is 0 Å². The molecule has 0 aliphatic heterocycles. The molecule has 6 nitrogen and oxygen atoms in total. The first kappa shape index (κ1) is 18.4. The molecule has 0 spiro atoms. The molecule has 0 aliphatic rings. The SMILES string of the molecule is C=CCCCCN(C)C(=O)[C@@H](N)CCCCNC(=O)O. The lowest BCUT2D eigenvalue weighted by Gasteiger charge is -2.21. The highest BCUT2D eigenvalue weighted by molar-refractivity contribution is 5.81. The van der Waals surface area contributed by atoms with Crippen molar-refractivity contribution >= 4 is 12.0 Å². The van der Waals surface area contributed by atoms with Gasteiger partial charge in [0.05, 0.1) is 6.04 Å². The molecule has 0 saturated carbocycles. The summed E-state index contributed by atoms with van der Waals surface area (Å²) in [7, 11) is 1.77. The Morgan fingerprint density at radius 2 is 2.05 bits per heavy atom. The lowest BCUT2D eigenvalue weighted by molar-refractivity contribution is -0.131. The number of unbranched alkanes of at least 4 members (excludes halogenated alkanes) is 3. The zero-order valence-electron chi connectivity index (χ0n) is 12.3. The maximum absolute atomic E-state index is 11.9. The van der Waals surface area contributed by atoms with Crippen LogP contribution in [0.15, 0.2) is 12.7 Å². The van der Waals surface area contributed by atoms with Crippen molar-refractivity contribution < 1.29 is 14.7 Å². The van der Waals surface area contributed by atoms with E-state index in [2.05, 4.69) is 11.9 Å². The molecule has 0 unspecified atom stereocenters. The second-order valence-electron chi connectivity index (χ2n) is 4.88. The van der Waals surface area contributed by atoms with E-state index in [1.165, 1.54) is 0 Å². The summed E-state index contributed by atoms with van der Waals surface area (Å²) in [6.07, 6.45) is 5.79. The third-order valence-electron chi connectivity index (χ3n) is 3.06. The van der Waals surface area contributed by atoms with Crippen molar-refractivity contribution in [2.24, 2.45) is 5.73 Å². The predicted molar refractivity (Wildman–Crippen MR) is 79.5 cm³/mol. The summed E-state index contributed by atoms with van der Waals surface area (Å²) >= 11 is 0. The van der Waals surface area contributed by atoms with Crippen molar-refractivity contribution in [1.29, 1.82) is 0 Å². The van der Waals surface area contributed by atoms with Gasteiger partial charge in [0.25, 0.3) is 0 Å². The van der Waals surface area contributed by atoms with Crippen LogP contribution in [0.25, 0.3) is 0 Å². The number of amides is 2. The molecule has 2 amide bonds. The molecular weight excluding hydrogens is 258 g/mol. The Labute approximate surface area is 121 Å². The van der Waals surface area contributed by atoms with Gasteiger partial charge in [-0.15, -0.1) is 6.58 Å². The van der Waals surface area contributed by atoms with Crippen molar-refractivity contribution in [2.75, 3.05) is 20.1 Å². The molecule has 4 N–H and O–H groups in total. The number of carbonyl (C=O) groups excluding carboxylic acids is 1. The lowest BCUT2D eigenvalue weighted by Crippen LogP contribution is -2.42. The fraction of sp³-hybridized carbons (Fsp3) is 0.714. The van der Waals surface area contributed by atoms with Crippen LogP contribution in [0.3, 0.4) is 0 Å². The average Bonchev–Trinajstić information content (AvgIpc) is 2.41. The molecule has 1 atom stereocenters. The summed E-state index contributed by atoms with van der Waals surface area (Å²) in [6.45, 7) is 4.76. The van der Waals surface area contributed by atoms with Crippen molar-refractivity contribution in [3.05, 3.63) is 12.7 Å². The summed E-state index contributed by atoms with van der Waals surface area (Å²) < 4.78 is 0. The highest BCUT2D eigenvalue weighted by Gasteiger charge is 2.16. The van der Waals surface area contributed by atoms with E-state index in [0.717, 1.165) is 25.7 Å². The van der Waals surface area contributed by atoms with Crippen molar-refractivity contribution in [3.8, 4) is 0 Å². The molecule has 0 saturated heterocycles. The first-order valence-corrected chi connectivity index (χ1v) is 7.07. The molecule has 0 heterocycles. The summed E-state index contributed by atoms with van der Waals surface area (Å²) in [5.74, 6) is -0.0465. The molecule has 0 fully saturated rings. The zero-order valence-corrected chi connectivity index (χ0v) is 12.3. The van der Waals surface area contributed by atoms with Gasteiger partial charge < -0.3 is 21.1 Å². The van der Waals surface area contributed by atoms with E-state index in [-0.39, 0.29) is 5.91 Å². The molecule has 0 radical (unpaired) electrons. The van der Waals surface area contributed by atoms with Crippen LogP contribution in [0.4, 0.5) is 4.79 Å². The largest absolute Gasteiger partial charge is 0.465 e. The number of likely N-dealkylation sites (N-methyl/N-ethyl adjacent to an activating group) is 1. The Balaban J connectivity index is 3.72. The van der Waals surface area contributed by atoms with E-state index in [9.17, 15) is 9.59 Å². The molecule has 0 rings (SSSR count). The van der Waals surface area contributed by atoms with E-state index < -0.39 is 12.1 Å². The number of hydrogen-bond donors (Lipinski definition) is 3. The summed E-state index contributed by atoms with van der Waals surface area (Å²) in [6, 6.07) is -0.496. The molecule has 116 valence electrons. The van der Waals surface area contributed by atoms with Gasteiger partial charge in [-0.3, -0.25) is 4.79 Å². The van der Waals surface area contributed by atoms with Crippen LogP contribution < -0.4 is 11.1 Å². The molecule has 6 heteroatoms. The highest BCUT2D eigenvalue weighted by Crippen LogP contribution is 2.04. The minimum absolute atomic E-state index is 0.0465.